The van der Waals surface area contributed by atoms with E-state index in [4.69, 9.17) is 16.1 Å². The fraction of sp³-hybridized carbons (Fsp3) is 0.214. The van der Waals surface area contributed by atoms with Crippen molar-refractivity contribution < 1.29 is 4.52 Å². The molecule has 0 saturated carbocycles. The van der Waals surface area contributed by atoms with Crippen LogP contribution in [0.1, 0.15) is 13.3 Å². The van der Waals surface area contributed by atoms with Crippen molar-refractivity contribution in [1.29, 1.82) is 0 Å². The van der Waals surface area contributed by atoms with Crippen molar-refractivity contribution in [3.63, 3.8) is 0 Å². The third-order valence-corrected chi connectivity index (χ3v) is 3.18. The Labute approximate surface area is 121 Å². The zero-order chi connectivity index (χ0) is 13.9. The van der Waals surface area contributed by atoms with Crippen molar-refractivity contribution >= 4 is 28.5 Å². The fourth-order valence-corrected chi connectivity index (χ4v) is 2.09. The van der Waals surface area contributed by atoms with Crippen LogP contribution >= 0.6 is 11.6 Å². The minimum Gasteiger partial charge on any atom is -0.369 e. The first kappa shape index (κ1) is 12.9. The lowest BCUT2D eigenvalue weighted by molar-refractivity contribution is 0.451. The number of fused-ring (bicyclic) bond motifs is 1. The van der Waals surface area contributed by atoms with Crippen LogP contribution in [0.3, 0.4) is 0 Å². The molecular weight excluding hydrogens is 276 g/mol. The van der Waals surface area contributed by atoms with Crippen LogP contribution in [0.25, 0.3) is 22.4 Å². The summed E-state index contributed by atoms with van der Waals surface area (Å²) < 4.78 is 5.28. The number of halogens is 1. The minimum absolute atomic E-state index is 0.476. The zero-order valence-corrected chi connectivity index (χ0v) is 11.7. The first-order chi connectivity index (χ1) is 9.79. The summed E-state index contributed by atoms with van der Waals surface area (Å²) in [5.74, 6) is 0.739. The van der Waals surface area contributed by atoms with Gasteiger partial charge in [0.25, 0.3) is 5.71 Å². The van der Waals surface area contributed by atoms with Crippen molar-refractivity contribution in [2.24, 2.45) is 0 Å². The normalized spacial score (nSPS) is 10.9. The molecule has 0 fully saturated rings. The summed E-state index contributed by atoms with van der Waals surface area (Å²) in [4.78, 5) is 8.38. The average molecular weight is 289 g/mol. The molecule has 6 heteroatoms. The number of anilines is 1. The molecule has 2 aromatic heterocycles. The number of nitrogens with one attached hydrogen (secondary N) is 1. The van der Waals surface area contributed by atoms with E-state index >= 15 is 0 Å². The van der Waals surface area contributed by atoms with Crippen molar-refractivity contribution in [2.75, 3.05) is 11.9 Å². The lowest BCUT2D eigenvalue weighted by Gasteiger charge is -2.04. The Kier molecular flexibility index (Phi) is 3.52. The summed E-state index contributed by atoms with van der Waals surface area (Å²) >= 11 is 5.91. The summed E-state index contributed by atoms with van der Waals surface area (Å²) in [5, 5.41) is 8.85. The average Bonchev–Trinajstić information content (AvgIpc) is 2.90. The molecule has 3 aromatic rings. The molecule has 0 amide bonds. The van der Waals surface area contributed by atoms with Crippen molar-refractivity contribution in [3.8, 4) is 11.3 Å². The van der Waals surface area contributed by atoms with Gasteiger partial charge in [-0.15, -0.1) is 0 Å². The van der Waals surface area contributed by atoms with Crippen LogP contribution in [0.5, 0.6) is 0 Å². The molecule has 0 aliphatic carbocycles. The number of hydrogen-bond acceptors (Lipinski definition) is 5. The van der Waals surface area contributed by atoms with Gasteiger partial charge in [-0.05, 0) is 18.6 Å². The second kappa shape index (κ2) is 5.46. The van der Waals surface area contributed by atoms with E-state index in [-0.39, 0.29) is 0 Å². The number of hydrogen-bond donors (Lipinski definition) is 1. The van der Waals surface area contributed by atoms with Gasteiger partial charge in [0.05, 0.1) is 0 Å². The highest BCUT2D eigenvalue weighted by molar-refractivity contribution is 6.30. The first-order valence-electron chi connectivity index (χ1n) is 6.39. The van der Waals surface area contributed by atoms with Gasteiger partial charge < -0.3 is 9.84 Å². The van der Waals surface area contributed by atoms with Gasteiger partial charge >= 0.3 is 0 Å². The van der Waals surface area contributed by atoms with Crippen molar-refractivity contribution in [1.82, 2.24) is 15.1 Å². The van der Waals surface area contributed by atoms with Gasteiger partial charge in [-0.1, -0.05) is 35.8 Å². The second-order valence-corrected chi connectivity index (χ2v) is 4.80. The smallest absolute Gasteiger partial charge is 0.263 e. The lowest BCUT2D eigenvalue weighted by atomic mass is 10.1. The molecule has 0 atom stereocenters. The molecule has 0 bridgehead atoms. The molecular formula is C14H13ClN4O. The predicted octanol–water partition coefficient (Wildman–Crippen LogP) is 3.76. The molecule has 20 heavy (non-hydrogen) atoms. The Morgan fingerprint density at radius 1 is 1.20 bits per heavy atom. The number of rotatable bonds is 4. The first-order valence-corrected chi connectivity index (χ1v) is 6.77. The number of benzene rings is 1. The Hall–Kier alpha value is -2.14. The highest BCUT2D eigenvalue weighted by Gasteiger charge is 2.16. The maximum atomic E-state index is 5.91. The third kappa shape index (κ3) is 2.32. The highest BCUT2D eigenvalue weighted by Crippen LogP contribution is 2.31. The number of nitrogens with zero attached hydrogens (tertiary/aromatic N) is 3. The monoisotopic (exact) mass is 288 g/mol. The van der Waals surface area contributed by atoms with E-state index in [1.54, 1.807) is 0 Å². The third-order valence-electron chi connectivity index (χ3n) is 2.93. The number of aromatic nitrogens is 3. The van der Waals surface area contributed by atoms with Crippen LogP contribution in [0.15, 0.2) is 35.1 Å². The molecule has 5 nitrogen and oxygen atoms in total. The fourth-order valence-electron chi connectivity index (χ4n) is 1.97. The Balaban J connectivity index is 2.13. The summed E-state index contributed by atoms with van der Waals surface area (Å²) in [5.41, 5.74) is 2.11. The summed E-state index contributed by atoms with van der Waals surface area (Å²) in [6, 6.07) is 7.44. The van der Waals surface area contributed by atoms with Gasteiger partial charge in [0, 0.05) is 17.1 Å². The maximum absolute atomic E-state index is 5.91. The van der Waals surface area contributed by atoms with E-state index in [9.17, 15) is 0 Å². The molecule has 0 aliphatic heterocycles. The SMILES string of the molecule is CCCNc1ncnc2onc(-c3ccc(Cl)cc3)c12. The standard InChI is InChI=1S/C14H13ClN4O/c1-2-7-16-13-11-12(9-3-5-10(15)6-4-9)19-20-14(11)18-8-17-13/h3-6,8H,2,7H2,1H3,(H,16,17,18). The largest absolute Gasteiger partial charge is 0.369 e. The Bertz CT molecular complexity index is 724. The lowest BCUT2D eigenvalue weighted by Crippen LogP contribution is -2.02. The molecule has 0 radical (unpaired) electrons. The van der Waals surface area contributed by atoms with Crippen LogP contribution in [-0.4, -0.2) is 21.7 Å². The van der Waals surface area contributed by atoms with Crippen LogP contribution in [0, 0.1) is 0 Å². The summed E-state index contributed by atoms with van der Waals surface area (Å²) in [7, 11) is 0. The van der Waals surface area contributed by atoms with Crippen molar-refractivity contribution in [3.05, 3.63) is 35.6 Å². The van der Waals surface area contributed by atoms with Gasteiger partial charge in [0.15, 0.2) is 0 Å². The van der Waals surface area contributed by atoms with Crippen LogP contribution in [0.4, 0.5) is 5.82 Å². The molecule has 0 aliphatic rings. The minimum atomic E-state index is 0.476. The summed E-state index contributed by atoms with van der Waals surface area (Å²) in [6.07, 6.45) is 2.48. The van der Waals surface area contributed by atoms with E-state index in [1.807, 2.05) is 24.3 Å². The summed E-state index contributed by atoms with van der Waals surface area (Å²) in [6.45, 7) is 2.93. The van der Waals surface area contributed by atoms with E-state index in [0.29, 0.717) is 10.7 Å². The van der Waals surface area contributed by atoms with E-state index in [0.717, 1.165) is 35.4 Å². The van der Waals surface area contributed by atoms with Gasteiger partial charge in [-0.2, -0.15) is 4.98 Å². The molecule has 0 spiro atoms. The van der Waals surface area contributed by atoms with Crippen LogP contribution in [0.2, 0.25) is 5.02 Å². The quantitative estimate of drug-likeness (QED) is 0.792. The van der Waals surface area contributed by atoms with Gasteiger partial charge in [-0.25, -0.2) is 4.98 Å². The molecule has 2 heterocycles. The van der Waals surface area contributed by atoms with E-state index < -0.39 is 0 Å². The zero-order valence-electron chi connectivity index (χ0n) is 10.9. The van der Waals surface area contributed by atoms with Crippen LogP contribution < -0.4 is 5.32 Å². The molecule has 0 unspecified atom stereocenters. The van der Waals surface area contributed by atoms with E-state index in [2.05, 4.69) is 27.4 Å². The Morgan fingerprint density at radius 3 is 2.75 bits per heavy atom. The molecule has 102 valence electrons. The molecule has 0 saturated heterocycles. The van der Waals surface area contributed by atoms with Crippen LogP contribution in [-0.2, 0) is 0 Å². The van der Waals surface area contributed by atoms with Crippen molar-refractivity contribution in [2.45, 2.75) is 13.3 Å². The second-order valence-electron chi connectivity index (χ2n) is 4.37. The highest BCUT2D eigenvalue weighted by atomic mass is 35.5. The van der Waals surface area contributed by atoms with Gasteiger partial charge in [-0.3, -0.25) is 0 Å². The predicted molar refractivity (Wildman–Crippen MR) is 78.8 cm³/mol. The molecule has 3 rings (SSSR count). The maximum Gasteiger partial charge on any atom is 0.263 e. The molecule has 1 N–H and O–H groups in total. The van der Waals surface area contributed by atoms with E-state index in [1.165, 1.54) is 6.33 Å². The van der Waals surface area contributed by atoms with Gasteiger partial charge in [0.1, 0.15) is 23.2 Å². The topological polar surface area (TPSA) is 63.8 Å². The molecule has 1 aromatic carbocycles. The van der Waals surface area contributed by atoms with Gasteiger partial charge in [0.2, 0.25) is 0 Å². The Morgan fingerprint density at radius 2 is 2.00 bits per heavy atom.